The molecule has 1 aliphatic rings. The van der Waals surface area contributed by atoms with Gasteiger partial charge in [-0.1, -0.05) is 42.9 Å². The lowest BCUT2D eigenvalue weighted by Gasteiger charge is -2.29. The third-order valence-corrected chi connectivity index (χ3v) is 5.79. The van der Waals surface area contributed by atoms with Crippen LogP contribution < -0.4 is 10.6 Å². The molecule has 22 heavy (non-hydrogen) atoms. The fourth-order valence-electron chi connectivity index (χ4n) is 2.51. The fourth-order valence-corrected chi connectivity index (χ4v) is 4.09. The largest absolute Gasteiger partial charge is 0.383 e. The van der Waals surface area contributed by atoms with Gasteiger partial charge in [-0.3, -0.25) is 4.79 Å². The molecule has 124 valence electrons. The normalized spacial score (nSPS) is 21.5. The maximum Gasteiger partial charge on any atom is 0.230 e. The molecule has 1 saturated carbocycles. The topological polar surface area (TPSA) is 76.1 Å². The molecule has 1 heterocycles. The Morgan fingerprint density at radius 3 is 3.00 bits per heavy atom. The quantitative estimate of drug-likeness (QED) is 0.557. The van der Waals surface area contributed by atoms with E-state index in [1.54, 1.807) is 7.11 Å². The molecule has 8 heteroatoms. The van der Waals surface area contributed by atoms with Crippen LogP contribution in [0.3, 0.4) is 0 Å². The molecule has 2 atom stereocenters. The number of methoxy groups -OCH3 is 1. The molecule has 0 unspecified atom stereocenters. The van der Waals surface area contributed by atoms with E-state index >= 15 is 0 Å². The zero-order chi connectivity index (χ0) is 15.8. The minimum absolute atomic E-state index is 0.0906. The van der Waals surface area contributed by atoms with Crippen LogP contribution in [0.5, 0.6) is 0 Å². The number of amides is 1. The van der Waals surface area contributed by atoms with Crippen molar-refractivity contribution in [3.63, 3.8) is 0 Å². The van der Waals surface area contributed by atoms with Gasteiger partial charge in [0.25, 0.3) is 0 Å². The van der Waals surface area contributed by atoms with E-state index in [-0.39, 0.29) is 5.91 Å². The Balaban J connectivity index is 1.69. The number of thioether (sulfide) groups is 1. The predicted octanol–water partition coefficient (Wildman–Crippen LogP) is 2.38. The number of carbonyl (C=O) groups excluding carboxylic acids is 1. The van der Waals surface area contributed by atoms with E-state index in [9.17, 15) is 4.79 Å². The van der Waals surface area contributed by atoms with Crippen LogP contribution in [0.15, 0.2) is 4.34 Å². The summed E-state index contributed by atoms with van der Waals surface area (Å²) in [5, 5.41) is 15.2. The average molecular weight is 345 g/mol. The van der Waals surface area contributed by atoms with E-state index in [0.717, 1.165) is 15.9 Å². The Labute approximate surface area is 139 Å². The number of ether oxygens (including phenoxy) is 1. The van der Waals surface area contributed by atoms with Gasteiger partial charge in [-0.2, -0.15) is 0 Å². The first kappa shape index (κ1) is 17.5. The predicted molar refractivity (Wildman–Crippen MR) is 90.6 cm³/mol. The molecular formula is C14H24N4O2S2. The van der Waals surface area contributed by atoms with E-state index in [4.69, 9.17) is 4.74 Å². The van der Waals surface area contributed by atoms with Crippen molar-refractivity contribution in [2.45, 2.75) is 43.0 Å². The van der Waals surface area contributed by atoms with Gasteiger partial charge in [0.2, 0.25) is 11.0 Å². The second-order valence-electron chi connectivity index (χ2n) is 5.52. The number of hydrogen-bond donors (Lipinski definition) is 2. The van der Waals surface area contributed by atoms with Crippen LogP contribution in [0.2, 0.25) is 0 Å². The zero-order valence-electron chi connectivity index (χ0n) is 13.1. The number of nitrogens with zero attached hydrogens (tertiary/aromatic N) is 2. The second-order valence-corrected chi connectivity index (χ2v) is 7.72. The highest BCUT2D eigenvalue weighted by molar-refractivity contribution is 8.01. The Bertz CT molecular complexity index is 469. The first-order valence-electron chi connectivity index (χ1n) is 7.67. The number of rotatable bonds is 8. The average Bonchev–Trinajstić information content (AvgIpc) is 2.96. The van der Waals surface area contributed by atoms with Gasteiger partial charge in [0.15, 0.2) is 4.34 Å². The zero-order valence-corrected chi connectivity index (χ0v) is 14.8. The molecule has 1 fully saturated rings. The lowest BCUT2D eigenvalue weighted by atomic mass is 9.86. The Morgan fingerprint density at radius 1 is 1.41 bits per heavy atom. The van der Waals surface area contributed by atoms with Crippen LogP contribution in [0.4, 0.5) is 5.13 Å². The van der Waals surface area contributed by atoms with E-state index in [1.807, 2.05) is 0 Å². The third-order valence-electron chi connectivity index (χ3n) is 3.77. The number of carbonyl (C=O) groups is 1. The van der Waals surface area contributed by atoms with E-state index in [0.29, 0.717) is 30.9 Å². The van der Waals surface area contributed by atoms with Crippen LogP contribution in [-0.4, -0.2) is 48.2 Å². The van der Waals surface area contributed by atoms with Crippen molar-refractivity contribution >= 4 is 34.1 Å². The summed E-state index contributed by atoms with van der Waals surface area (Å²) < 4.78 is 5.78. The van der Waals surface area contributed by atoms with Gasteiger partial charge in [0, 0.05) is 19.7 Å². The van der Waals surface area contributed by atoms with Crippen LogP contribution in [0.1, 0.15) is 32.6 Å². The third kappa shape index (κ3) is 5.73. The summed E-state index contributed by atoms with van der Waals surface area (Å²) in [6.45, 7) is 3.56. The minimum Gasteiger partial charge on any atom is -0.383 e. The van der Waals surface area contributed by atoms with Crippen molar-refractivity contribution in [3.05, 3.63) is 0 Å². The maximum atomic E-state index is 12.0. The fraction of sp³-hybridized carbons (Fsp3) is 0.786. The SMILES string of the molecule is COCCNc1nnc(SCC(=O)N[C@H]2CCCC[C@@H]2C)s1. The molecule has 0 radical (unpaired) electrons. The van der Waals surface area contributed by atoms with E-state index in [1.165, 1.54) is 42.4 Å². The summed E-state index contributed by atoms with van der Waals surface area (Å²) >= 11 is 2.91. The minimum atomic E-state index is 0.0906. The van der Waals surface area contributed by atoms with Crippen molar-refractivity contribution in [2.24, 2.45) is 5.92 Å². The Kier molecular flexibility index (Phi) is 7.41. The number of aromatic nitrogens is 2. The Hall–Kier alpha value is -0.860. The number of nitrogens with one attached hydrogen (secondary N) is 2. The highest BCUT2D eigenvalue weighted by atomic mass is 32.2. The maximum absolute atomic E-state index is 12.0. The summed E-state index contributed by atoms with van der Waals surface area (Å²) in [6.07, 6.45) is 4.82. The van der Waals surface area contributed by atoms with Gasteiger partial charge in [0.05, 0.1) is 12.4 Å². The van der Waals surface area contributed by atoms with E-state index in [2.05, 4.69) is 27.8 Å². The number of anilines is 1. The molecule has 1 aliphatic carbocycles. The van der Waals surface area contributed by atoms with Crippen LogP contribution >= 0.6 is 23.1 Å². The van der Waals surface area contributed by atoms with Gasteiger partial charge >= 0.3 is 0 Å². The van der Waals surface area contributed by atoms with Gasteiger partial charge in [-0.15, -0.1) is 10.2 Å². The van der Waals surface area contributed by atoms with Crippen molar-refractivity contribution in [1.29, 1.82) is 0 Å². The number of hydrogen-bond acceptors (Lipinski definition) is 7. The molecule has 1 amide bonds. The summed E-state index contributed by atoms with van der Waals surface area (Å²) in [5.41, 5.74) is 0. The molecule has 0 saturated heterocycles. The summed E-state index contributed by atoms with van der Waals surface area (Å²) in [5.74, 6) is 1.07. The second kappa shape index (κ2) is 9.32. The highest BCUT2D eigenvalue weighted by Gasteiger charge is 2.22. The molecule has 0 aliphatic heterocycles. The van der Waals surface area contributed by atoms with Gasteiger partial charge in [-0.25, -0.2) is 0 Å². The molecule has 2 rings (SSSR count). The molecule has 0 aromatic carbocycles. The first-order valence-corrected chi connectivity index (χ1v) is 9.47. The van der Waals surface area contributed by atoms with Crippen LogP contribution in [0.25, 0.3) is 0 Å². The lowest BCUT2D eigenvalue weighted by molar-refractivity contribution is -0.119. The summed E-state index contributed by atoms with van der Waals surface area (Å²) in [6, 6.07) is 0.336. The van der Waals surface area contributed by atoms with Crippen LogP contribution in [-0.2, 0) is 9.53 Å². The monoisotopic (exact) mass is 344 g/mol. The van der Waals surface area contributed by atoms with Crippen molar-refractivity contribution < 1.29 is 9.53 Å². The van der Waals surface area contributed by atoms with Crippen molar-refractivity contribution in [2.75, 3.05) is 31.3 Å². The Morgan fingerprint density at radius 2 is 2.23 bits per heavy atom. The van der Waals surface area contributed by atoms with E-state index < -0.39 is 0 Å². The molecule has 0 spiro atoms. The first-order chi connectivity index (χ1) is 10.7. The van der Waals surface area contributed by atoms with Gasteiger partial charge < -0.3 is 15.4 Å². The van der Waals surface area contributed by atoms with Crippen molar-refractivity contribution in [1.82, 2.24) is 15.5 Å². The van der Waals surface area contributed by atoms with Crippen molar-refractivity contribution in [3.8, 4) is 0 Å². The smallest absolute Gasteiger partial charge is 0.230 e. The van der Waals surface area contributed by atoms with Gasteiger partial charge in [0.1, 0.15) is 0 Å². The highest BCUT2D eigenvalue weighted by Crippen LogP contribution is 2.26. The van der Waals surface area contributed by atoms with Gasteiger partial charge in [-0.05, 0) is 18.8 Å². The lowest BCUT2D eigenvalue weighted by Crippen LogP contribution is -2.41. The molecule has 0 bridgehead atoms. The molecule has 1 aromatic rings. The summed E-state index contributed by atoms with van der Waals surface area (Å²) in [4.78, 5) is 12.0. The standard InChI is InChI=1S/C14H24N4O2S2/c1-10-5-3-4-6-11(10)16-12(19)9-21-14-18-17-13(22-14)15-7-8-20-2/h10-11H,3-9H2,1-2H3,(H,15,17)(H,16,19)/t10-,11-/m0/s1. The van der Waals surface area contributed by atoms with Crippen LogP contribution in [0, 0.1) is 5.92 Å². The summed E-state index contributed by atoms with van der Waals surface area (Å²) in [7, 11) is 1.66. The molecule has 1 aromatic heterocycles. The molecule has 6 nitrogen and oxygen atoms in total. The molecular weight excluding hydrogens is 320 g/mol. The molecule has 2 N–H and O–H groups in total.